The molecule has 7 heteroatoms. The van der Waals surface area contributed by atoms with Crippen molar-refractivity contribution in [3.63, 3.8) is 0 Å². The molecular weight excluding hydrogens is 304 g/mol. The summed E-state index contributed by atoms with van der Waals surface area (Å²) in [7, 11) is 0. The zero-order valence-electron chi connectivity index (χ0n) is 14.4. The van der Waals surface area contributed by atoms with Crippen LogP contribution in [0.15, 0.2) is 0 Å². The molecule has 2 saturated heterocycles. The maximum atomic E-state index is 12.8. The lowest BCUT2D eigenvalue weighted by Gasteiger charge is -2.33. The Labute approximate surface area is 143 Å². The number of aromatic nitrogens is 4. The molecular formula is C17H28N6O. The standard InChI is InChI=1S/C17H28N6O/c24-17(22-9-3-1-2-4-10-22)14-7-11-21(12-8-14)13-16-18-19-20-23(16)15-5-6-15/h14-15H,1-13H2. The predicted octanol–water partition coefficient (Wildman–Crippen LogP) is 1.62. The van der Waals surface area contributed by atoms with E-state index in [1.54, 1.807) is 0 Å². The van der Waals surface area contributed by atoms with Crippen molar-refractivity contribution in [1.82, 2.24) is 30.0 Å². The average molecular weight is 332 g/mol. The molecule has 3 aliphatic rings. The fourth-order valence-corrected chi connectivity index (χ4v) is 4.01. The quantitative estimate of drug-likeness (QED) is 0.838. The van der Waals surface area contributed by atoms with Gasteiger partial charge in [-0.3, -0.25) is 9.69 Å². The van der Waals surface area contributed by atoms with Crippen LogP contribution in [-0.4, -0.2) is 62.1 Å². The van der Waals surface area contributed by atoms with Crippen LogP contribution in [0, 0.1) is 5.92 Å². The van der Waals surface area contributed by atoms with Gasteiger partial charge >= 0.3 is 0 Å². The van der Waals surface area contributed by atoms with Crippen LogP contribution in [-0.2, 0) is 11.3 Å². The highest BCUT2D eigenvalue weighted by Crippen LogP contribution is 2.34. The molecule has 0 unspecified atom stereocenters. The van der Waals surface area contributed by atoms with Crippen LogP contribution in [0.2, 0.25) is 0 Å². The van der Waals surface area contributed by atoms with Gasteiger partial charge in [0.15, 0.2) is 5.82 Å². The Balaban J connectivity index is 1.28. The van der Waals surface area contributed by atoms with Gasteiger partial charge in [-0.1, -0.05) is 12.8 Å². The van der Waals surface area contributed by atoms with Gasteiger partial charge in [0, 0.05) is 19.0 Å². The summed E-state index contributed by atoms with van der Waals surface area (Å²) in [6.45, 7) is 4.70. The summed E-state index contributed by atoms with van der Waals surface area (Å²) in [5.74, 6) is 1.60. The number of carbonyl (C=O) groups is 1. The van der Waals surface area contributed by atoms with Crippen molar-refractivity contribution >= 4 is 5.91 Å². The molecule has 1 saturated carbocycles. The molecule has 1 aromatic heterocycles. The highest BCUT2D eigenvalue weighted by atomic mass is 16.2. The Bertz CT molecular complexity index is 553. The molecule has 0 aromatic carbocycles. The predicted molar refractivity (Wildman–Crippen MR) is 89.1 cm³/mol. The first kappa shape index (κ1) is 16.0. The van der Waals surface area contributed by atoms with Crippen LogP contribution in [0.4, 0.5) is 0 Å². The van der Waals surface area contributed by atoms with Gasteiger partial charge in [0.25, 0.3) is 0 Å². The molecule has 0 atom stereocenters. The summed E-state index contributed by atoms with van der Waals surface area (Å²) in [5.41, 5.74) is 0. The number of likely N-dealkylation sites (tertiary alicyclic amines) is 2. The van der Waals surface area contributed by atoms with E-state index < -0.39 is 0 Å². The second-order valence-electron chi connectivity index (χ2n) is 7.56. The van der Waals surface area contributed by atoms with E-state index in [-0.39, 0.29) is 5.92 Å². The summed E-state index contributed by atoms with van der Waals surface area (Å²) in [6, 6.07) is 0.525. The van der Waals surface area contributed by atoms with Crippen molar-refractivity contribution < 1.29 is 4.79 Å². The lowest BCUT2D eigenvalue weighted by molar-refractivity contribution is -0.137. The first-order valence-corrected chi connectivity index (χ1v) is 9.59. The fourth-order valence-electron chi connectivity index (χ4n) is 4.01. The van der Waals surface area contributed by atoms with Gasteiger partial charge in [0.2, 0.25) is 5.91 Å². The Kier molecular flexibility index (Phi) is 4.78. The van der Waals surface area contributed by atoms with E-state index in [9.17, 15) is 4.79 Å². The Morgan fingerprint density at radius 3 is 2.33 bits per heavy atom. The van der Waals surface area contributed by atoms with Crippen molar-refractivity contribution in [2.75, 3.05) is 26.2 Å². The van der Waals surface area contributed by atoms with Crippen LogP contribution in [0.5, 0.6) is 0 Å². The molecule has 1 aliphatic carbocycles. The third-order valence-electron chi connectivity index (χ3n) is 5.67. The third kappa shape index (κ3) is 3.61. The first-order valence-electron chi connectivity index (χ1n) is 9.59. The van der Waals surface area contributed by atoms with Crippen LogP contribution >= 0.6 is 0 Å². The first-order chi connectivity index (χ1) is 11.8. The summed E-state index contributed by atoms with van der Waals surface area (Å²) in [5, 5.41) is 12.2. The number of amides is 1. The number of tetrazole rings is 1. The second kappa shape index (κ2) is 7.17. The summed E-state index contributed by atoms with van der Waals surface area (Å²) >= 11 is 0. The topological polar surface area (TPSA) is 67.2 Å². The molecule has 0 radical (unpaired) electrons. The van der Waals surface area contributed by atoms with Gasteiger partial charge in [-0.2, -0.15) is 0 Å². The van der Waals surface area contributed by atoms with E-state index >= 15 is 0 Å². The molecule has 0 bridgehead atoms. The molecule has 1 aromatic rings. The maximum Gasteiger partial charge on any atom is 0.225 e. The second-order valence-corrected chi connectivity index (χ2v) is 7.56. The molecule has 0 N–H and O–H groups in total. The van der Waals surface area contributed by atoms with E-state index in [1.807, 2.05) is 4.68 Å². The van der Waals surface area contributed by atoms with Crippen molar-refractivity contribution in [3.05, 3.63) is 5.82 Å². The van der Waals surface area contributed by atoms with Crippen molar-refractivity contribution in [3.8, 4) is 0 Å². The Morgan fingerprint density at radius 1 is 0.958 bits per heavy atom. The SMILES string of the molecule is O=C(C1CCN(Cc2nnnn2C2CC2)CC1)N1CCCCCC1. The summed E-state index contributed by atoms with van der Waals surface area (Å²) in [4.78, 5) is 17.3. The van der Waals surface area contributed by atoms with Gasteiger partial charge in [0.05, 0.1) is 12.6 Å². The zero-order valence-corrected chi connectivity index (χ0v) is 14.4. The zero-order chi connectivity index (χ0) is 16.4. The number of piperidine rings is 1. The minimum Gasteiger partial charge on any atom is -0.342 e. The van der Waals surface area contributed by atoms with E-state index in [4.69, 9.17) is 0 Å². The molecule has 3 heterocycles. The van der Waals surface area contributed by atoms with Crippen LogP contribution in [0.25, 0.3) is 0 Å². The van der Waals surface area contributed by atoms with Gasteiger partial charge < -0.3 is 4.90 Å². The summed E-state index contributed by atoms with van der Waals surface area (Å²) in [6.07, 6.45) is 9.24. The van der Waals surface area contributed by atoms with E-state index in [0.29, 0.717) is 11.9 Å². The molecule has 1 amide bonds. The number of nitrogens with zero attached hydrogens (tertiary/aromatic N) is 6. The third-order valence-corrected chi connectivity index (χ3v) is 5.67. The van der Waals surface area contributed by atoms with Gasteiger partial charge in [0.1, 0.15) is 0 Å². The molecule has 132 valence electrons. The number of rotatable bonds is 4. The lowest BCUT2D eigenvalue weighted by atomic mass is 9.95. The fraction of sp³-hybridized carbons (Fsp3) is 0.882. The van der Waals surface area contributed by atoms with Gasteiger partial charge in [-0.05, 0) is 62.0 Å². The monoisotopic (exact) mass is 332 g/mol. The van der Waals surface area contributed by atoms with Gasteiger partial charge in [-0.15, -0.1) is 5.10 Å². The minimum absolute atomic E-state index is 0.221. The lowest BCUT2D eigenvalue weighted by Crippen LogP contribution is -2.43. The van der Waals surface area contributed by atoms with E-state index in [2.05, 4.69) is 25.3 Å². The average Bonchev–Trinajstić information content (AvgIpc) is 3.40. The van der Waals surface area contributed by atoms with Crippen molar-refractivity contribution in [2.24, 2.45) is 5.92 Å². The van der Waals surface area contributed by atoms with Crippen LogP contribution in [0.1, 0.15) is 63.2 Å². The molecule has 4 rings (SSSR count). The van der Waals surface area contributed by atoms with Crippen molar-refractivity contribution in [2.45, 2.75) is 64.0 Å². The molecule has 0 spiro atoms. The Hall–Kier alpha value is -1.50. The molecule has 2 aliphatic heterocycles. The van der Waals surface area contributed by atoms with Crippen LogP contribution < -0.4 is 0 Å². The van der Waals surface area contributed by atoms with E-state index in [0.717, 1.165) is 51.4 Å². The number of carbonyl (C=O) groups excluding carboxylic acids is 1. The number of hydrogen-bond donors (Lipinski definition) is 0. The van der Waals surface area contributed by atoms with Gasteiger partial charge in [-0.25, -0.2) is 4.68 Å². The highest BCUT2D eigenvalue weighted by Gasteiger charge is 2.31. The maximum absolute atomic E-state index is 12.8. The molecule has 7 nitrogen and oxygen atoms in total. The molecule has 3 fully saturated rings. The minimum atomic E-state index is 0.221. The van der Waals surface area contributed by atoms with Crippen LogP contribution in [0.3, 0.4) is 0 Å². The smallest absolute Gasteiger partial charge is 0.225 e. The number of hydrogen-bond acceptors (Lipinski definition) is 5. The Morgan fingerprint density at radius 2 is 1.67 bits per heavy atom. The van der Waals surface area contributed by atoms with E-state index in [1.165, 1.54) is 38.5 Å². The van der Waals surface area contributed by atoms with Crippen molar-refractivity contribution in [1.29, 1.82) is 0 Å². The highest BCUT2D eigenvalue weighted by molar-refractivity contribution is 5.79. The largest absolute Gasteiger partial charge is 0.342 e. The molecule has 24 heavy (non-hydrogen) atoms. The normalized spacial score (nSPS) is 24.1. The summed E-state index contributed by atoms with van der Waals surface area (Å²) < 4.78 is 1.99.